The van der Waals surface area contributed by atoms with E-state index in [4.69, 9.17) is 4.42 Å². The molecule has 0 radical (unpaired) electrons. The molecule has 0 spiro atoms. The van der Waals surface area contributed by atoms with Crippen LogP contribution >= 0.6 is 0 Å². The largest absolute Gasteiger partial charge is 0.453 e. The molecule has 0 aliphatic rings. The van der Waals surface area contributed by atoms with Gasteiger partial charge in [0.25, 0.3) is 0 Å². The van der Waals surface area contributed by atoms with Gasteiger partial charge in [0.05, 0.1) is 22.4 Å². The number of aromatic nitrogens is 1. The fourth-order valence-corrected chi connectivity index (χ4v) is 10.1. The van der Waals surface area contributed by atoms with E-state index < -0.39 is 0 Å². The van der Waals surface area contributed by atoms with Crippen molar-refractivity contribution < 1.29 is 4.42 Å². The molecule has 11 aromatic carbocycles. The molecule has 65 heavy (non-hydrogen) atoms. The van der Waals surface area contributed by atoms with E-state index >= 15 is 0 Å². The monoisotopic (exact) mass is 828 g/mol. The molecule has 0 aliphatic carbocycles. The molecule has 13 aromatic rings. The second kappa shape index (κ2) is 15.0. The predicted molar refractivity (Wildman–Crippen MR) is 274 cm³/mol. The van der Waals surface area contributed by atoms with Gasteiger partial charge in [0, 0.05) is 43.9 Å². The highest BCUT2D eigenvalue weighted by atomic mass is 16.3. The van der Waals surface area contributed by atoms with Crippen molar-refractivity contribution in [1.82, 2.24) is 4.57 Å². The standard InChI is InChI=1S/C62H40N2O/c1-2-15-43(16-3-1)56-40-46(50-26-13-19-42-17-4-6-22-49(42)50)34-38-59(56)63(60-30-14-27-54-55-37-33-44-18-5-7-23-51(44)61(55)65-62(54)60)47-35-31-41(32-36-47)45-20-12-21-48(39-45)64-57-28-10-8-24-52(57)53-25-9-11-29-58(53)64/h1-40H. The fraction of sp³-hybridized carbons (Fsp3) is 0. The van der Waals surface area contributed by atoms with Crippen LogP contribution in [0.3, 0.4) is 0 Å². The molecule has 3 heteroatoms. The summed E-state index contributed by atoms with van der Waals surface area (Å²) < 4.78 is 9.45. The van der Waals surface area contributed by atoms with Crippen LogP contribution in [0.4, 0.5) is 17.1 Å². The van der Waals surface area contributed by atoms with Crippen LogP contribution in [0.25, 0.3) is 104 Å². The zero-order valence-electron chi connectivity index (χ0n) is 35.4. The number of benzene rings is 11. The van der Waals surface area contributed by atoms with Gasteiger partial charge < -0.3 is 13.9 Å². The summed E-state index contributed by atoms with van der Waals surface area (Å²) in [5.74, 6) is 0. The van der Waals surface area contributed by atoms with E-state index in [1.165, 1.54) is 38.1 Å². The minimum atomic E-state index is 0.846. The third-order valence-electron chi connectivity index (χ3n) is 13.2. The van der Waals surface area contributed by atoms with E-state index in [9.17, 15) is 0 Å². The van der Waals surface area contributed by atoms with Crippen molar-refractivity contribution in [3.8, 4) is 39.1 Å². The van der Waals surface area contributed by atoms with Gasteiger partial charge in [0.1, 0.15) is 5.58 Å². The van der Waals surface area contributed by atoms with E-state index in [0.29, 0.717) is 0 Å². The molecule has 0 fully saturated rings. The van der Waals surface area contributed by atoms with Gasteiger partial charge in [0.2, 0.25) is 0 Å². The lowest BCUT2D eigenvalue weighted by Crippen LogP contribution is -2.11. The summed E-state index contributed by atoms with van der Waals surface area (Å²) in [4.78, 5) is 2.39. The number of nitrogens with zero attached hydrogens (tertiary/aromatic N) is 2. The Morgan fingerprint density at radius 3 is 1.68 bits per heavy atom. The van der Waals surface area contributed by atoms with Crippen molar-refractivity contribution in [3.05, 3.63) is 243 Å². The topological polar surface area (TPSA) is 21.3 Å². The van der Waals surface area contributed by atoms with E-state index in [1.54, 1.807) is 0 Å². The maximum Gasteiger partial charge on any atom is 0.159 e. The smallest absolute Gasteiger partial charge is 0.159 e. The Morgan fingerprint density at radius 1 is 0.308 bits per heavy atom. The molecule has 0 aliphatic heterocycles. The van der Waals surface area contributed by atoms with Crippen LogP contribution in [0.5, 0.6) is 0 Å². The van der Waals surface area contributed by atoms with Crippen LogP contribution < -0.4 is 4.90 Å². The average Bonchev–Trinajstić information content (AvgIpc) is 3.94. The molecule has 0 bridgehead atoms. The van der Waals surface area contributed by atoms with Gasteiger partial charge in [-0.3, -0.25) is 0 Å². The van der Waals surface area contributed by atoms with Crippen LogP contribution in [0.2, 0.25) is 0 Å². The first-order valence-corrected chi connectivity index (χ1v) is 22.2. The lowest BCUT2D eigenvalue weighted by atomic mass is 9.93. The molecular formula is C62H40N2O. The van der Waals surface area contributed by atoms with Gasteiger partial charge in [-0.2, -0.15) is 0 Å². The Labute approximate surface area is 376 Å². The molecule has 2 heterocycles. The van der Waals surface area contributed by atoms with E-state index in [1.807, 2.05) is 0 Å². The lowest BCUT2D eigenvalue weighted by Gasteiger charge is -2.28. The predicted octanol–water partition coefficient (Wildman–Crippen LogP) is 17.5. The first-order valence-electron chi connectivity index (χ1n) is 22.2. The number of rotatable bonds is 7. The third kappa shape index (κ3) is 6.05. The number of anilines is 3. The van der Waals surface area contributed by atoms with Gasteiger partial charge in [-0.15, -0.1) is 0 Å². The summed E-state index contributed by atoms with van der Waals surface area (Å²) in [5.41, 5.74) is 15.2. The Morgan fingerprint density at radius 2 is 0.892 bits per heavy atom. The molecule has 13 rings (SSSR count). The Hall–Kier alpha value is -8.66. The van der Waals surface area contributed by atoms with Crippen molar-refractivity contribution in [2.75, 3.05) is 4.90 Å². The Kier molecular flexibility index (Phi) is 8.53. The van der Waals surface area contributed by atoms with Gasteiger partial charge in [-0.25, -0.2) is 0 Å². The molecule has 0 amide bonds. The second-order valence-corrected chi connectivity index (χ2v) is 16.8. The number of furan rings is 1. The SMILES string of the molecule is c1ccc(-c2cc(-c3cccc4ccccc34)ccc2N(c2ccc(-c3cccc(-n4c5ccccc5c5ccccc54)c3)cc2)c2cccc3c2oc2c4ccccc4ccc32)cc1. The maximum atomic E-state index is 7.07. The zero-order chi connectivity index (χ0) is 42.8. The summed E-state index contributed by atoms with van der Waals surface area (Å²) in [5, 5.41) is 9.42. The van der Waals surface area contributed by atoms with Gasteiger partial charge in [-0.05, 0) is 105 Å². The summed E-state index contributed by atoms with van der Waals surface area (Å²) in [7, 11) is 0. The van der Waals surface area contributed by atoms with Crippen LogP contribution in [-0.4, -0.2) is 4.57 Å². The van der Waals surface area contributed by atoms with Gasteiger partial charge in [0.15, 0.2) is 5.58 Å². The number of para-hydroxylation sites is 3. The van der Waals surface area contributed by atoms with Gasteiger partial charge in [-0.1, -0.05) is 182 Å². The minimum Gasteiger partial charge on any atom is -0.453 e. The fourth-order valence-electron chi connectivity index (χ4n) is 10.1. The van der Waals surface area contributed by atoms with Crippen LogP contribution in [0, 0.1) is 0 Å². The Balaban J connectivity index is 1.01. The van der Waals surface area contributed by atoms with Crippen LogP contribution in [0.1, 0.15) is 0 Å². The molecule has 0 N–H and O–H groups in total. The average molecular weight is 829 g/mol. The summed E-state index contributed by atoms with van der Waals surface area (Å²) in [6.07, 6.45) is 0. The highest BCUT2D eigenvalue weighted by Crippen LogP contribution is 2.48. The van der Waals surface area contributed by atoms with E-state index in [2.05, 4.69) is 252 Å². The van der Waals surface area contributed by atoms with Crippen molar-refractivity contribution in [3.63, 3.8) is 0 Å². The van der Waals surface area contributed by atoms with Crippen molar-refractivity contribution in [2.24, 2.45) is 0 Å². The Bertz CT molecular complexity index is 3890. The van der Waals surface area contributed by atoms with E-state index in [0.717, 1.165) is 83.3 Å². The van der Waals surface area contributed by atoms with Gasteiger partial charge >= 0.3 is 0 Å². The van der Waals surface area contributed by atoms with Crippen molar-refractivity contribution in [1.29, 1.82) is 0 Å². The quantitative estimate of drug-likeness (QED) is 0.160. The highest BCUT2D eigenvalue weighted by molar-refractivity contribution is 6.18. The normalized spacial score (nSPS) is 11.7. The van der Waals surface area contributed by atoms with Crippen LogP contribution in [0.15, 0.2) is 247 Å². The van der Waals surface area contributed by atoms with Crippen molar-refractivity contribution >= 4 is 82.4 Å². The summed E-state index contributed by atoms with van der Waals surface area (Å²) in [6.45, 7) is 0. The highest BCUT2D eigenvalue weighted by Gasteiger charge is 2.24. The molecule has 304 valence electrons. The molecular weight excluding hydrogens is 789 g/mol. The molecule has 0 unspecified atom stereocenters. The minimum absolute atomic E-state index is 0.846. The summed E-state index contributed by atoms with van der Waals surface area (Å²) in [6, 6.07) is 87.7. The molecule has 0 saturated heterocycles. The van der Waals surface area contributed by atoms with E-state index in [-0.39, 0.29) is 0 Å². The molecule has 3 nitrogen and oxygen atoms in total. The second-order valence-electron chi connectivity index (χ2n) is 16.8. The number of hydrogen-bond acceptors (Lipinski definition) is 2. The first kappa shape index (κ1) is 36.9. The summed E-state index contributed by atoms with van der Waals surface area (Å²) >= 11 is 0. The molecule has 0 atom stereocenters. The molecule has 0 saturated carbocycles. The number of hydrogen-bond donors (Lipinski definition) is 0. The lowest BCUT2D eigenvalue weighted by molar-refractivity contribution is 0.673. The zero-order valence-corrected chi connectivity index (χ0v) is 35.4. The van der Waals surface area contributed by atoms with Crippen molar-refractivity contribution in [2.45, 2.75) is 0 Å². The van der Waals surface area contributed by atoms with Crippen LogP contribution in [-0.2, 0) is 0 Å². The maximum absolute atomic E-state index is 7.07. The molecule has 2 aromatic heterocycles. The first-order chi connectivity index (χ1) is 32.2. The third-order valence-corrected chi connectivity index (χ3v) is 13.2. The number of fused-ring (bicyclic) bond motifs is 9.